The van der Waals surface area contributed by atoms with Crippen molar-refractivity contribution < 1.29 is 19.7 Å². The summed E-state index contributed by atoms with van der Waals surface area (Å²) in [6.07, 6.45) is 3.65. The molecule has 3 rings (SSSR count). The molecule has 2 aromatic rings. The molecule has 0 saturated heterocycles. The van der Waals surface area contributed by atoms with Crippen LogP contribution >= 0.6 is 0 Å². The molecule has 0 aliphatic carbocycles. The van der Waals surface area contributed by atoms with Crippen LogP contribution in [0.1, 0.15) is 29.7 Å². The van der Waals surface area contributed by atoms with Crippen LogP contribution in [0.5, 0.6) is 11.5 Å². The average molecular weight is 399 g/mol. The lowest BCUT2D eigenvalue weighted by Crippen LogP contribution is -2.32. The van der Waals surface area contributed by atoms with Gasteiger partial charge in [0, 0.05) is 37.7 Å². The molecule has 1 unspecified atom stereocenters. The van der Waals surface area contributed by atoms with E-state index in [9.17, 15) is 15.0 Å². The Hall–Kier alpha value is -2.80. The van der Waals surface area contributed by atoms with E-state index in [-0.39, 0.29) is 24.2 Å². The van der Waals surface area contributed by atoms with Gasteiger partial charge in [0.15, 0.2) is 11.5 Å². The summed E-state index contributed by atoms with van der Waals surface area (Å²) in [5, 5.41) is 25.7. The van der Waals surface area contributed by atoms with Crippen molar-refractivity contribution in [2.45, 2.75) is 32.1 Å². The molecule has 0 bridgehead atoms. The number of hydrogen-bond donors (Lipinski definition) is 4. The van der Waals surface area contributed by atoms with Crippen LogP contribution in [0, 0.1) is 5.92 Å². The molecule has 156 valence electrons. The van der Waals surface area contributed by atoms with Gasteiger partial charge in [-0.05, 0) is 55.0 Å². The van der Waals surface area contributed by atoms with E-state index >= 15 is 0 Å². The number of aliphatic hydroxyl groups is 1. The van der Waals surface area contributed by atoms with E-state index in [1.54, 1.807) is 12.1 Å². The molecule has 0 radical (unpaired) electrons. The van der Waals surface area contributed by atoms with E-state index in [0.29, 0.717) is 31.6 Å². The number of phenolic OH excluding ortho intramolecular Hbond substituents is 1. The Bertz CT molecular complexity index is 841. The van der Waals surface area contributed by atoms with Crippen molar-refractivity contribution in [3.8, 4) is 11.5 Å². The number of rotatable bonds is 9. The number of aromatic hydroxyl groups is 1. The van der Waals surface area contributed by atoms with Gasteiger partial charge in [-0.1, -0.05) is 12.1 Å². The van der Waals surface area contributed by atoms with Crippen LogP contribution in [-0.2, 0) is 24.1 Å². The number of hydrogen-bond acceptors (Lipinski definition) is 6. The van der Waals surface area contributed by atoms with Gasteiger partial charge in [0.25, 0.3) is 0 Å². The van der Waals surface area contributed by atoms with Gasteiger partial charge >= 0.3 is 0 Å². The lowest BCUT2D eigenvalue weighted by Gasteiger charge is -2.17. The largest absolute Gasteiger partial charge is 0.504 e. The molecule has 1 aliphatic heterocycles. The second kappa shape index (κ2) is 10.1. The van der Waals surface area contributed by atoms with Gasteiger partial charge in [-0.3, -0.25) is 4.79 Å². The highest BCUT2D eigenvalue weighted by Crippen LogP contribution is 2.27. The number of pyridine rings is 1. The third-order valence-electron chi connectivity index (χ3n) is 5.17. The topological polar surface area (TPSA) is 104 Å². The Morgan fingerprint density at radius 2 is 2.21 bits per heavy atom. The third kappa shape index (κ3) is 5.84. The van der Waals surface area contributed by atoms with Crippen molar-refractivity contribution in [1.82, 2.24) is 10.3 Å². The smallest absolute Gasteiger partial charge is 0.220 e. The van der Waals surface area contributed by atoms with Crippen molar-refractivity contribution in [3.05, 3.63) is 47.2 Å². The highest BCUT2D eigenvalue weighted by Gasteiger charge is 2.14. The molecule has 1 aromatic heterocycles. The molecule has 1 aromatic carbocycles. The zero-order chi connectivity index (χ0) is 20.6. The van der Waals surface area contributed by atoms with Crippen LogP contribution in [0.25, 0.3) is 0 Å². The molecule has 29 heavy (non-hydrogen) atoms. The van der Waals surface area contributed by atoms with E-state index in [4.69, 9.17) is 4.74 Å². The molecular weight excluding hydrogens is 370 g/mol. The molecule has 0 fully saturated rings. The van der Waals surface area contributed by atoms with Gasteiger partial charge < -0.3 is 25.6 Å². The van der Waals surface area contributed by atoms with Crippen molar-refractivity contribution in [3.63, 3.8) is 0 Å². The van der Waals surface area contributed by atoms with Gasteiger partial charge in [0.05, 0.1) is 7.11 Å². The number of benzene rings is 1. The maximum Gasteiger partial charge on any atom is 0.220 e. The zero-order valence-electron chi connectivity index (χ0n) is 16.8. The number of carbonyl (C=O) groups excluding carboxylic acids is 1. The van der Waals surface area contributed by atoms with Crippen LogP contribution in [0.2, 0.25) is 0 Å². The van der Waals surface area contributed by atoms with Crippen LogP contribution < -0.4 is 15.4 Å². The summed E-state index contributed by atoms with van der Waals surface area (Å²) in [6, 6.07) is 9.25. The monoisotopic (exact) mass is 399 g/mol. The highest BCUT2D eigenvalue weighted by atomic mass is 16.5. The fraction of sp³-hybridized carbons (Fsp3) is 0.455. The number of aryl methyl sites for hydroxylation is 2. The number of aliphatic hydroxyl groups excluding tert-OH is 1. The molecule has 4 N–H and O–H groups in total. The average Bonchev–Trinajstić information content (AvgIpc) is 2.75. The predicted molar refractivity (Wildman–Crippen MR) is 111 cm³/mol. The van der Waals surface area contributed by atoms with Crippen LogP contribution in [0.4, 0.5) is 5.82 Å². The summed E-state index contributed by atoms with van der Waals surface area (Å²) < 4.78 is 5.04. The Kier molecular flexibility index (Phi) is 7.30. The van der Waals surface area contributed by atoms with Crippen molar-refractivity contribution in [2.24, 2.45) is 5.92 Å². The van der Waals surface area contributed by atoms with E-state index in [0.717, 1.165) is 36.5 Å². The predicted octanol–water partition coefficient (Wildman–Crippen LogP) is 2.05. The lowest BCUT2D eigenvalue weighted by atomic mass is 9.99. The van der Waals surface area contributed by atoms with E-state index < -0.39 is 0 Å². The molecule has 0 spiro atoms. The molecule has 7 heteroatoms. The summed E-state index contributed by atoms with van der Waals surface area (Å²) in [6.45, 7) is 1.27. The minimum atomic E-state index is -0.127. The molecule has 0 saturated carbocycles. The summed E-state index contributed by atoms with van der Waals surface area (Å²) >= 11 is 0. The number of fused-ring (bicyclic) bond motifs is 1. The number of methoxy groups -OCH3 is 1. The number of aromatic nitrogens is 1. The van der Waals surface area contributed by atoms with Crippen LogP contribution in [-0.4, -0.2) is 47.9 Å². The number of carbonyl (C=O) groups is 1. The van der Waals surface area contributed by atoms with E-state index in [1.165, 1.54) is 12.7 Å². The fourth-order valence-electron chi connectivity index (χ4n) is 3.49. The van der Waals surface area contributed by atoms with Crippen molar-refractivity contribution in [1.29, 1.82) is 0 Å². The Morgan fingerprint density at radius 3 is 2.97 bits per heavy atom. The summed E-state index contributed by atoms with van der Waals surface area (Å²) in [7, 11) is 1.50. The first kappa shape index (κ1) is 20.9. The number of nitrogens with one attached hydrogen (secondary N) is 2. The normalized spacial score (nSPS) is 13.9. The first-order valence-electron chi connectivity index (χ1n) is 10.0. The van der Waals surface area contributed by atoms with E-state index in [2.05, 4.69) is 21.7 Å². The second-order valence-electron chi connectivity index (χ2n) is 7.40. The number of ether oxygens (including phenoxy) is 1. The van der Waals surface area contributed by atoms with Gasteiger partial charge in [0.2, 0.25) is 5.91 Å². The summed E-state index contributed by atoms with van der Waals surface area (Å²) in [5.41, 5.74) is 3.02. The minimum Gasteiger partial charge on any atom is -0.504 e. The molecule has 1 amide bonds. The van der Waals surface area contributed by atoms with Crippen molar-refractivity contribution in [2.75, 3.05) is 32.1 Å². The van der Waals surface area contributed by atoms with Crippen molar-refractivity contribution >= 4 is 11.7 Å². The Balaban J connectivity index is 1.45. The maximum absolute atomic E-state index is 12.2. The molecule has 1 aliphatic rings. The molecular formula is C22H29N3O4. The van der Waals surface area contributed by atoms with Crippen LogP contribution in [0.3, 0.4) is 0 Å². The van der Waals surface area contributed by atoms with Gasteiger partial charge in [0.1, 0.15) is 5.82 Å². The number of anilines is 1. The number of phenols is 1. The second-order valence-corrected chi connectivity index (χ2v) is 7.40. The van der Waals surface area contributed by atoms with Gasteiger partial charge in [-0.15, -0.1) is 0 Å². The molecule has 7 nitrogen and oxygen atoms in total. The first-order chi connectivity index (χ1) is 14.1. The fourth-order valence-corrected chi connectivity index (χ4v) is 3.49. The quantitative estimate of drug-likeness (QED) is 0.515. The van der Waals surface area contributed by atoms with Gasteiger partial charge in [-0.2, -0.15) is 0 Å². The summed E-state index contributed by atoms with van der Waals surface area (Å²) in [4.78, 5) is 16.8. The third-order valence-corrected chi connectivity index (χ3v) is 5.17. The lowest BCUT2D eigenvalue weighted by molar-refractivity contribution is -0.121. The SMILES string of the molecule is COc1ccc(CC(CO)CNC(=O)CCc2ccc3c(n2)NCCC3)cc1O. The Morgan fingerprint density at radius 1 is 1.34 bits per heavy atom. The molecule has 2 heterocycles. The zero-order valence-corrected chi connectivity index (χ0v) is 16.8. The standard InChI is InChI=1S/C22H29N3O4/c1-29-20-8-4-15(12-19(20)27)11-16(14-26)13-24-21(28)9-7-18-6-5-17-3-2-10-23-22(17)25-18/h4-6,8,12,16,26-27H,2-3,7,9-11,13-14H2,1H3,(H,23,25)(H,24,28). The van der Waals surface area contributed by atoms with E-state index in [1.807, 2.05) is 12.1 Å². The summed E-state index contributed by atoms with van der Waals surface area (Å²) in [5.74, 6) is 1.23. The number of nitrogens with zero attached hydrogens (tertiary/aromatic N) is 1. The Labute approximate surface area is 171 Å². The maximum atomic E-state index is 12.2. The minimum absolute atomic E-state index is 0.0505. The highest BCUT2D eigenvalue weighted by molar-refractivity contribution is 5.76. The first-order valence-corrected chi connectivity index (χ1v) is 10.0. The van der Waals surface area contributed by atoms with Gasteiger partial charge in [-0.25, -0.2) is 4.98 Å². The van der Waals surface area contributed by atoms with Crippen LogP contribution in [0.15, 0.2) is 30.3 Å². The number of amides is 1. The molecule has 1 atom stereocenters.